The summed E-state index contributed by atoms with van der Waals surface area (Å²) in [5, 5.41) is 0. The molecule has 7 heteroatoms. The van der Waals surface area contributed by atoms with E-state index in [1.165, 1.54) is 4.90 Å². The Morgan fingerprint density at radius 2 is 2.14 bits per heavy atom. The summed E-state index contributed by atoms with van der Waals surface area (Å²) in [5.74, 6) is 0.576. The average molecular weight is 294 g/mol. The van der Waals surface area contributed by atoms with E-state index >= 15 is 0 Å². The summed E-state index contributed by atoms with van der Waals surface area (Å²) < 4.78 is 7.13. The molecule has 0 saturated carbocycles. The minimum atomic E-state index is -0.157. The standard InChI is InChI=1S/C14H22N4O3/c1-5-21-9-12(19)18-7-6-17-8-11(14(20)16(3)4)15-13(17)10(18)2/h8,10H,5-7,9H2,1-4H3. The molecule has 1 aliphatic rings. The third-order valence-electron chi connectivity index (χ3n) is 3.61. The molecule has 0 N–H and O–H groups in total. The Bertz CT molecular complexity index is 538. The molecule has 7 nitrogen and oxygen atoms in total. The van der Waals surface area contributed by atoms with Crippen molar-refractivity contribution in [2.75, 3.05) is 33.9 Å². The van der Waals surface area contributed by atoms with Crippen LogP contribution < -0.4 is 0 Å². The molecular weight excluding hydrogens is 272 g/mol. The van der Waals surface area contributed by atoms with E-state index in [9.17, 15) is 9.59 Å². The van der Waals surface area contributed by atoms with Gasteiger partial charge < -0.3 is 19.1 Å². The fourth-order valence-corrected chi connectivity index (χ4v) is 2.44. The fourth-order valence-electron chi connectivity index (χ4n) is 2.44. The highest BCUT2D eigenvalue weighted by Crippen LogP contribution is 2.24. The van der Waals surface area contributed by atoms with Crippen molar-refractivity contribution in [3.63, 3.8) is 0 Å². The second-order valence-electron chi connectivity index (χ2n) is 5.28. The molecular formula is C14H22N4O3. The molecule has 116 valence electrons. The summed E-state index contributed by atoms with van der Waals surface area (Å²) >= 11 is 0. The summed E-state index contributed by atoms with van der Waals surface area (Å²) in [6.45, 7) is 5.64. The number of hydrogen-bond acceptors (Lipinski definition) is 4. The number of rotatable bonds is 4. The number of imidazole rings is 1. The van der Waals surface area contributed by atoms with E-state index in [-0.39, 0.29) is 24.5 Å². The van der Waals surface area contributed by atoms with Gasteiger partial charge in [-0.15, -0.1) is 0 Å². The number of amides is 2. The number of aromatic nitrogens is 2. The van der Waals surface area contributed by atoms with Crippen LogP contribution in [-0.2, 0) is 16.1 Å². The van der Waals surface area contributed by atoms with Gasteiger partial charge in [0, 0.05) is 40.0 Å². The van der Waals surface area contributed by atoms with Gasteiger partial charge in [0.2, 0.25) is 5.91 Å². The number of hydrogen-bond donors (Lipinski definition) is 0. The monoisotopic (exact) mass is 294 g/mol. The zero-order valence-corrected chi connectivity index (χ0v) is 13.0. The molecule has 0 bridgehead atoms. The molecule has 21 heavy (non-hydrogen) atoms. The van der Waals surface area contributed by atoms with Crippen LogP contribution in [-0.4, -0.2) is 65.0 Å². The van der Waals surface area contributed by atoms with E-state index in [1.54, 1.807) is 25.2 Å². The molecule has 0 saturated heterocycles. The predicted octanol–water partition coefficient (Wildman–Crippen LogP) is 0.525. The fraction of sp³-hybridized carbons (Fsp3) is 0.643. The molecule has 0 fully saturated rings. The largest absolute Gasteiger partial charge is 0.372 e. The molecule has 2 heterocycles. The first-order valence-electron chi connectivity index (χ1n) is 7.11. The number of nitrogens with zero attached hydrogens (tertiary/aromatic N) is 4. The van der Waals surface area contributed by atoms with E-state index in [1.807, 2.05) is 18.4 Å². The van der Waals surface area contributed by atoms with Crippen molar-refractivity contribution in [3.8, 4) is 0 Å². The lowest BCUT2D eigenvalue weighted by Gasteiger charge is -2.33. The molecule has 1 aliphatic heterocycles. The van der Waals surface area contributed by atoms with Gasteiger partial charge in [-0.3, -0.25) is 9.59 Å². The number of fused-ring (bicyclic) bond motifs is 1. The molecule has 0 radical (unpaired) electrons. The van der Waals surface area contributed by atoms with Gasteiger partial charge in [-0.25, -0.2) is 4.98 Å². The second kappa shape index (κ2) is 6.26. The predicted molar refractivity (Wildman–Crippen MR) is 76.9 cm³/mol. The van der Waals surface area contributed by atoms with E-state index in [0.717, 1.165) is 5.82 Å². The summed E-state index contributed by atoms with van der Waals surface area (Å²) in [7, 11) is 3.39. The van der Waals surface area contributed by atoms with Crippen LogP contribution in [0, 0.1) is 0 Å². The van der Waals surface area contributed by atoms with Crippen LogP contribution in [0.15, 0.2) is 6.20 Å². The Kier molecular flexibility index (Phi) is 4.62. The van der Waals surface area contributed by atoms with Crippen LogP contribution in [0.25, 0.3) is 0 Å². The molecule has 0 aliphatic carbocycles. The summed E-state index contributed by atoms with van der Waals surface area (Å²) in [6, 6.07) is -0.157. The zero-order valence-electron chi connectivity index (χ0n) is 13.0. The molecule has 0 aromatic carbocycles. The SMILES string of the molecule is CCOCC(=O)N1CCn2cc(C(=O)N(C)C)nc2C1C. The lowest BCUT2D eigenvalue weighted by atomic mass is 10.2. The van der Waals surface area contributed by atoms with Crippen LogP contribution in [0.2, 0.25) is 0 Å². The smallest absolute Gasteiger partial charge is 0.273 e. The third-order valence-corrected chi connectivity index (χ3v) is 3.61. The van der Waals surface area contributed by atoms with Crippen LogP contribution >= 0.6 is 0 Å². The van der Waals surface area contributed by atoms with Gasteiger partial charge in [-0.05, 0) is 13.8 Å². The quantitative estimate of drug-likeness (QED) is 0.812. The maximum absolute atomic E-state index is 12.1. The number of ether oxygens (including phenoxy) is 1. The number of carbonyl (C=O) groups is 2. The molecule has 1 atom stereocenters. The molecule has 2 rings (SSSR count). The van der Waals surface area contributed by atoms with Crippen LogP contribution in [0.4, 0.5) is 0 Å². The van der Waals surface area contributed by atoms with Gasteiger partial charge in [0.15, 0.2) is 0 Å². The Balaban J connectivity index is 2.17. The Morgan fingerprint density at radius 1 is 1.43 bits per heavy atom. The summed E-state index contributed by atoms with van der Waals surface area (Å²) in [5.41, 5.74) is 0.418. The molecule has 1 unspecified atom stereocenters. The lowest BCUT2D eigenvalue weighted by molar-refractivity contribution is -0.139. The van der Waals surface area contributed by atoms with Crippen molar-refractivity contribution < 1.29 is 14.3 Å². The first-order chi connectivity index (χ1) is 9.95. The van der Waals surface area contributed by atoms with Crippen LogP contribution in [0.1, 0.15) is 36.2 Å². The summed E-state index contributed by atoms with van der Waals surface area (Å²) in [6.07, 6.45) is 1.76. The van der Waals surface area contributed by atoms with Crippen molar-refractivity contribution in [1.29, 1.82) is 0 Å². The van der Waals surface area contributed by atoms with Crippen molar-refractivity contribution in [1.82, 2.24) is 19.4 Å². The van der Waals surface area contributed by atoms with Gasteiger partial charge in [0.1, 0.15) is 18.1 Å². The van der Waals surface area contributed by atoms with Crippen molar-refractivity contribution in [2.45, 2.75) is 26.4 Å². The van der Waals surface area contributed by atoms with E-state index in [2.05, 4.69) is 4.98 Å². The van der Waals surface area contributed by atoms with Crippen molar-refractivity contribution in [2.24, 2.45) is 0 Å². The molecule has 2 amide bonds. The first-order valence-corrected chi connectivity index (χ1v) is 7.11. The van der Waals surface area contributed by atoms with Gasteiger partial charge in [0.05, 0.1) is 6.04 Å². The molecule has 1 aromatic heterocycles. The van der Waals surface area contributed by atoms with Gasteiger partial charge in [-0.2, -0.15) is 0 Å². The minimum Gasteiger partial charge on any atom is -0.372 e. The minimum absolute atomic E-state index is 0.0425. The molecule has 1 aromatic rings. The van der Waals surface area contributed by atoms with E-state index < -0.39 is 0 Å². The topological polar surface area (TPSA) is 67.7 Å². The van der Waals surface area contributed by atoms with Crippen molar-refractivity contribution in [3.05, 3.63) is 17.7 Å². The van der Waals surface area contributed by atoms with E-state index in [4.69, 9.17) is 4.74 Å². The Hall–Kier alpha value is -1.89. The van der Waals surface area contributed by atoms with Crippen LogP contribution in [0.5, 0.6) is 0 Å². The zero-order chi connectivity index (χ0) is 15.6. The maximum Gasteiger partial charge on any atom is 0.273 e. The third kappa shape index (κ3) is 3.07. The van der Waals surface area contributed by atoms with Gasteiger partial charge >= 0.3 is 0 Å². The average Bonchev–Trinajstić information content (AvgIpc) is 2.89. The Labute approximate surface area is 124 Å². The Morgan fingerprint density at radius 3 is 2.76 bits per heavy atom. The van der Waals surface area contributed by atoms with Crippen LogP contribution in [0.3, 0.4) is 0 Å². The highest BCUT2D eigenvalue weighted by molar-refractivity contribution is 5.91. The summed E-state index contributed by atoms with van der Waals surface area (Å²) in [4.78, 5) is 31.7. The highest BCUT2D eigenvalue weighted by Gasteiger charge is 2.30. The lowest BCUT2D eigenvalue weighted by Crippen LogP contribution is -2.42. The second-order valence-corrected chi connectivity index (χ2v) is 5.28. The van der Waals surface area contributed by atoms with Gasteiger partial charge in [0.25, 0.3) is 5.91 Å². The highest BCUT2D eigenvalue weighted by atomic mass is 16.5. The number of carbonyl (C=O) groups excluding carboxylic acids is 2. The van der Waals surface area contributed by atoms with Crippen molar-refractivity contribution >= 4 is 11.8 Å². The van der Waals surface area contributed by atoms with E-state index in [0.29, 0.717) is 25.4 Å². The van der Waals surface area contributed by atoms with Gasteiger partial charge in [-0.1, -0.05) is 0 Å². The maximum atomic E-state index is 12.1. The normalized spacial score (nSPS) is 17.5. The first kappa shape index (κ1) is 15.5. The molecule has 0 spiro atoms.